The van der Waals surface area contributed by atoms with Crippen molar-refractivity contribution in [2.75, 3.05) is 11.9 Å². The third-order valence-electron chi connectivity index (χ3n) is 4.60. The standard InChI is InChI=1S/C22H20N4O2S/c27-21(17-6-11-23-12-7-17)25-18-9-15-29-20(18)22(28)24-10-3-13-26-14-8-16-4-1-2-5-19(16)26/h1-2,4-9,11-12,14-15H,3,10,13H2,(H,24,28)(H,25,27). The van der Waals surface area contributed by atoms with Gasteiger partial charge in [-0.15, -0.1) is 11.3 Å². The number of fused-ring (bicyclic) bond motifs is 1. The molecule has 0 saturated carbocycles. The lowest BCUT2D eigenvalue weighted by Gasteiger charge is -2.09. The van der Waals surface area contributed by atoms with Gasteiger partial charge in [-0.2, -0.15) is 0 Å². The van der Waals surface area contributed by atoms with Gasteiger partial charge in [-0.3, -0.25) is 14.6 Å². The number of nitrogens with one attached hydrogen (secondary N) is 2. The number of carbonyl (C=O) groups excluding carboxylic acids is 2. The maximum Gasteiger partial charge on any atom is 0.263 e. The number of nitrogens with zero attached hydrogens (tertiary/aromatic N) is 2. The van der Waals surface area contributed by atoms with Crippen LogP contribution < -0.4 is 10.6 Å². The molecule has 7 heteroatoms. The Morgan fingerprint density at radius 1 is 1.00 bits per heavy atom. The fraction of sp³-hybridized carbons (Fsp3) is 0.136. The summed E-state index contributed by atoms with van der Waals surface area (Å²) in [4.78, 5) is 29.3. The van der Waals surface area contributed by atoms with Gasteiger partial charge in [-0.25, -0.2) is 0 Å². The van der Waals surface area contributed by atoms with Gasteiger partial charge in [0.1, 0.15) is 4.88 Å². The van der Waals surface area contributed by atoms with Gasteiger partial charge in [0, 0.05) is 42.8 Å². The van der Waals surface area contributed by atoms with Gasteiger partial charge in [0.25, 0.3) is 11.8 Å². The van der Waals surface area contributed by atoms with E-state index >= 15 is 0 Å². The maximum absolute atomic E-state index is 12.5. The number of rotatable bonds is 7. The zero-order valence-corrected chi connectivity index (χ0v) is 16.5. The highest BCUT2D eigenvalue weighted by molar-refractivity contribution is 7.12. The van der Waals surface area contributed by atoms with Crippen LogP contribution in [0.4, 0.5) is 5.69 Å². The number of pyridine rings is 1. The fourth-order valence-corrected chi connectivity index (χ4v) is 3.91. The molecule has 0 radical (unpaired) electrons. The molecule has 4 rings (SSSR count). The van der Waals surface area contributed by atoms with E-state index < -0.39 is 0 Å². The Balaban J connectivity index is 1.31. The van der Waals surface area contributed by atoms with Crippen molar-refractivity contribution in [3.8, 4) is 0 Å². The number of hydrogen-bond acceptors (Lipinski definition) is 4. The number of para-hydroxylation sites is 1. The lowest BCUT2D eigenvalue weighted by atomic mass is 10.2. The third-order valence-corrected chi connectivity index (χ3v) is 5.52. The Hall–Kier alpha value is -3.45. The van der Waals surface area contributed by atoms with E-state index in [0.29, 0.717) is 22.7 Å². The van der Waals surface area contributed by atoms with Crippen LogP contribution in [0.15, 0.2) is 72.5 Å². The molecule has 0 aliphatic carbocycles. The van der Waals surface area contributed by atoms with Crippen LogP contribution in [0.5, 0.6) is 0 Å². The summed E-state index contributed by atoms with van der Waals surface area (Å²) < 4.78 is 2.19. The van der Waals surface area contributed by atoms with Crippen LogP contribution in [0.3, 0.4) is 0 Å². The minimum Gasteiger partial charge on any atom is -0.351 e. The summed E-state index contributed by atoms with van der Waals surface area (Å²) in [5.41, 5.74) is 2.21. The maximum atomic E-state index is 12.5. The Bertz CT molecular complexity index is 1130. The highest BCUT2D eigenvalue weighted by atomic mass is 32.1. The van der Waals surface area contributed by atoms with E-state index in [1.807, 2.05) is 12.1 Å². The van der Waals surface area contributed by atoms with E-state index in [0.717, 1.165) is 13.0 Å². The lowest BCUT2D eigenvalue weighted by molar-refractivity contribution is 0.0957. The Labute approximate surface area is 172 Å². The largest absolute Gasteiger partial charge is 0.351 e. The van der Waals surface area contributed by atoms with Gasteiger partial charge >= 0.3 is 0 Å². The van der Waals surface area contributed by atoms with Crippen LogP contribution in [0, 0.1) is 0 Å². The molecule has 3 aromatic heterocycles. The third kappa shape index (κ3) is 4.35. The first-order chi connectivity index (χ1) is 14.2. The van der Waals surface area contributed by atoms with Gasteiger partial charge in [-0.05, 0) is 47.5 Å². The van der Waals surface area contributed by atoms with Gasteiger partial charge in [0.05, 0.1) is 5.69 Å². The Morgan fingerprint density at radius 2 is 1.83 bits per heavy atom. The van der Waals surface area contributed by atoms with E-state index in [-0.39, 0.29) is 11.8 Å². The van der Waals surface area contributed by atoms with Crippen LogP contribution in [0.2, 0.25) is 0 Å². The van der Waals surface area contributed by atoms with Crippen LogP contribution >= 0.6 is 11.3 Å². The quantitative estimate of drug-likeness (QED) is 0.454. The minimum absolute atomic E-state index is 0.178. The van der Waals surface area contributed by atoms with Crippen molar-refractivity contribution in [1.29, 1.82) is 0 Å². The first kappa shape index (κ1) is 18.9. The van der Waals surface area contributed by atoms with Crippen molar-refractivity contribution in [2.45, 2.75) is 13.0 Å². The smallest absolute Gasteiger partial charge is 0.263 e. The molecule has 29 heavy (non-hydrogen) atoms. The molecule has 2 amide bonds. The fourth-order valence-electron chi connectivity index (χ4n) is 3.15. The SMILES string of the molecule is O=C(Nc1ccsc1C(=O)NCCCn1ccc2ccccc21)c1ccncc1. The second-order valence-electron chi connectivity index (χ2n) is 6.53. The molecule has 0 unspecified atom stereocenters. The van der Waals surface area contributed by atoms with Gasteiger partial charge in [-0.1, -0.05) is 18.2 Å². The summed E-state index contributed by atoms with van der Waals surface area (Å²) in [5, 5.41) is 8.75. The van der Waals surface area contributed by atoms with Crippen LogP contribution in [0.1, 0.15) is 26.5 Å². The number of thiophene rings is 1. The van der Waals surface area contributed by atoms with E-state index in [9.17, 15) is 9.59 Å². The van der Waals surface area contributed by atoms with Crippen LogP contribution in [0.25, 0.3) is 10.9 Å². The van der Waals surface area contributed by atoms with Crippen molar-refractivity contribution in [3.63, 3.8) is 0 Å². The molecule has 0 atom stereocenters. The topological polar surface area (TPSA) is 76.0 Å². The number of anilines is 1. The molecule has 0 bridgehead atoms. The molecular formula is C22H20N4O2S. The highest BCUT2D eigenvalue weighted by Crippen LogP contribution is 2.23. The summed E-state index contributed by atoms with van der Waals surface area (Å²) >= 11 is 1.31. The van der Waals surface area contributed by atoms with Gasteiger partial charge in [0.15, 0.2) is 0 Å². The van der Waals surface area contributed by atoms with Crippen molar-refractivity contribution < 1.29 is 9.59 Å². The van der Waals surface area contributed by atoms with Crippen molar-refractivity contribution in [3.05, 3.63) is 82.9 Å². The highest BCUT2D eigenvalue weighted by Gasteiger charge is 2.15. The minimum atomic E-state index is -0.265. The molecule has 3 heterocycles. The molecule has 1 aromatic carbocycles. The number of amides is 2. The molecule has 146 valence electrons. The summed E-state index contributed by atoms with van der Waals surface area (Å²) in [6.07, 6.45) is 6.00. The predicted octanol–water partition coefficient (Wildman–Crippen LogP) is 4.17. The van der Waals surface area contributed by atoms with E-state index in [1.54, 1.807) is 36.0 Å². The van der Waals surface area contributed by atoms with Crippen LogP contribution in [-0.2, 0) is 6.54 Å². The van der Waals surface area contributed by atoms with Crippen LogP contribution in [-0.4, -0.2) is 27.9 Å². The number of carbonyl (C=O) groups is 2. The number of benzene rings is 1. The molecule has 0 aliphatic rings. The van der Waals surface area contributed by atoms with E-state index in [1.165, 1.54) is 22.2 Å². The number of aromatic nitrogens is 2. The summed E-state index contributed by atoms with van der Waals surface area (Å²) in [6, 6.07) is 15.3. The molecule has 6 nitrogen and oxygen atoms in total. The normalized spacial score (nSPS) is 10.8. The molecule has 0 fully saturated rings. The number of aryl methyl sites for hydroxylation is 1. The average molecular weight is 404 g/mol. The summed E-state index contributed by atoms with van der Waals surface area (Å²) in [6.45, 7) is 1.38. The second-order valence-corrected chi connectivity index (χ2v) is 7.45. The first-order valence-corrected chi connectivity index (χ1v) is 10.2. The molecule has 4 aromatic rings. The van der Waals surface area contributed by atoms with Crippen molar-refractivity contribution in [1.82, 2.24) is 14.9 Å². The molecule has 0 aliphatic heterocycles. The van der Waals surface area contributed by atoms with E-state index in [4.69, 9.17) is 0 Å². The molecule has 0 saturated heterocycles. The monoisotopic (exact) mass is 404 g/mol. The number of hydrogen-bond donors (Lipinski definition) is 2. The van der Waals surface area contributed by atoms with Gasteiger partial charge in [0.2, 0.25) is 0 Å². The first-order valence-electron chi connectivity index (χ1n) is 9.33. The lowest BCUT2D eigenvalue weighted by Crippen LogP contribution is -2.25. The molecule has 2 N–H and O–H groups in total. The van der Waals surface area contributed by atoms with Crippen molar-refractivity contribution in [2.24, 2.45) is 0 Å². The summed E-state index contributed by atoms with van der Waals surface area (Å²) in [7, 11) is 0. The van der Waals surface area contributed by atoms with Gasteiger partial charge < -0.3 is 15.2 Å². The summed E-state index contributed by atoms with van der Waals surface area (Å²) in [5.74, 6) is -0.443. The zero-order valence-electron chi connectivity index (χ0n) is 15.7. The van der Waals surface area contributed by atoms with E-state index in [2.05, 4.69) is 44.6 Å². The predicted molar refractivity (Wildman–Crippen MR) is 115 cm³/mol. The van der Waals surface area contributed by atoms with Crippen molar-refractivity contribution >= 4 is 39.7 Å². The second kappa shape index (κ2) is 8.70. The Kier molecular flexibility index (Phi) is 5.67. The molecule has 0 spiro atoms. The zero-order chi connectivity index (χ0) is 20.1. The Morgan fingerprint density at radius 3 is 2.69 bits per heavy atom. The average Bonchev–Trinajstić information content (AvgIpc) is 3.39. The molecular weight excluding hydrogens is 384 g/mol.